The van der Waals surface area contributed by atoms with Crippen LogP contribution < -0.4 is 16.8 Å². The van der Waals surface area contributed by atoms with Crippen LogP contribution in [0.25, 0.3) is 0 Å². The minimum absolute atomic E-state index is 0.0295. The standard InChI is InChI=1S/C40H56N4/c41-37-34-20-8-7-19-33(34)36-25-30(21-22-35(36)38(37)42)28-14-9-13-27(23-28)29-15-10-16-31(24-29)40-43-39(26-11-3-1-4-12-26)44(40)32-17-5-2-6-18-32/h2,5,7,9,13,17,19,23,25-26,28-31,35,37-40,43H,1,3-4,6,8,10-12,14-16,18,20-22,24,41-42H2. The van der Waals surface area contributed by atoms with E-state index in [4.69, 9.17) is 11.5 Å². The molecule has 236 valence electrons. The van der Waals surface area contributed by atoms with Gasteiger partial charge in [0.25, 0.3) is 0 Å². The Bertz CT molecular complexity index is 1300. The third kappa shape index (κ3) is 5.37. The van der Waals surface area contributed by atoms with Crippen LogP contribution in [0.3, 0.4) is 0 Å². The number of nitrogens with one attached hydrogen (secondary N) is 1. The van der Waals surface area contributed by atoms with Crippen LogP contribution in [0, 0.1) is 35.5 Å². The summed E-state index contributed by atoms with van der Waals surface area (Å²) in [5.74, 6) is 3.91. The van der Waals surface area contributed by atoms with E-state index in [0.29, 0.717) is 36.0 Å². The monoisotopic (exact) mass is 592 g/mol. The van der Waals surface area contributed by atoms with Crippen LogP contribution >= 0.6 is 0 Å². The van der Waals surface area contributed by atoms with Crippen LogP contribution in [0.1, 0.15) is 103 Å². The van der Waals surface area contributed by atoms with Gasteiger partial charge in [-0.2, -0.15) is 0 Å². The zero-order valence-electron chi connectivity index (χ0n) is 26.9. The summed E-state index contributed by atoms with van der Waals surface area (Å²) in [6.45, 7) is 0. The van der Waals surface area contributed by atoms with Crippen molar-refractivity contribution in [3.63, 3.8) is 0 Å². The zero-order chi connectivity index (χ0) is 29.6. The van der Waals surface area contributed by atoms with Gasteiger partial charge in [0.15, 0.2) is 0 Å². The van der Waals surface area contributed by atoms with Crippen molar-refractivity contribution < 1.29 is 0 Å². The summed E-state index contributed by atoms with van der Waals surface area (Å²) in [5.41, 5.74) is 21.1. The number of rotatable bonds is 5. The molecule has 8 rings (SSSR count). The predicted molar refractivity (Wildman–Crippen MR) is 182 cm³/mol. The lowest BCUT2D eigenvalue weighted by Gasteiger charge is -2.59. The summed E-state index contributed by atoms with van der Waals surface area (Å²) in [7, 11) is 0. The van der Waals surface area contributed by atoms with Crippen molar-refractivity contribution in [1.82, 2.24) is 10.2 Å². The summed E-state index contributed by atoms with van der Waals surface area (Å²) < 4.78 is 0. The number of nitrogens with zero attached hydrogens (tertiary/aromatic N) is 1. The second-order valence-corrected chi connectivity index (χ2v) is 15.5. The fraction of sp³-hybridized carbons (Fsp3) is 0.650. The molecule has 1 saturated heterocycles. The fourth-order valence-corrected chi connectivity index (χ4v) is 10.7. The first-order valence-corrected chi connectivity index (χ1v) is 18.6. The van der Waals surface area contributed by atoms with Gasteiger partial charge < -0.3 is 16.4 Å². The molecule has 0 amide bonds. The van der Waals surface area contributed by atoms with Gasteiger partial charge in [-0.05, 0) is 135 Å². The van der Waals surface area contributed by atoms with Gasteiger partial charge in [-0.3, -0.25) is 5.32 Å². The topological polar surface area (TPSA) is 67.3 Å². The second-order valence-electron chi connectivity index (χ2n) is 15.5. The van der Waals surface area contributed by atoms with E-state index >= 15 is 0 Å². The Morgan fingerprint density at radius 2 is 1.59 bits per heavy atom. The lowest BCUT2D eigenvalue weighted by molar-refractivity contribution is -0.0796. The number of fused-ring (bicyclic) bond motifs is 2. The van der Waals surface area contributed by atoms with Gasteiger partial charge in [-0.1, -0.05) is 74.3 Å². The molecule has 0 radical (unpaired) electrons. The second kappa shape index (κ2) is 12.6. The summed E-state index contributed by atoms with van der Waals surface area (Å²) in [6.07, 6.45) is 44.0. The third-order valence-corrected chi connectivity index (χ3v) is 13.1. The highest BCUT2D eigenvalue weighted by Crippen LogP contribution is 2.48. The van der Waals surface area contributed by atoms with E-state index in [1.165, 1.54) is 107 Å². The summed E-state index contributed by atoms with van der Waals surface area (Å²) in [6, 6.07) is 0.101. The molecule has 7 aliphatic carbocycles. The molecule has 44 heavy (non-hydrogen) atoms. The summed E-state index contributed by atoms with van der Waals surface area (Å²) >= 11 is 0. The number of allylic oxidation sites excluding steroid dienone is 12. The van der Waals surface area contributed by atoms with Crippen LogP contribution in [-0.4, -0.2) is 29.3 Å². The smallest absolute Gasteiger partial charge is 0.0852 e. The zero-order valence-corrected chi connectivity index (χ0v) is 26.9. The maximum Gasteiger partial charge on any atom is 0.0852 e. The van der Waals surface area contributed by atoms with Crippen LogP contribution in [0.4, 0.5) is 0 Å². The highest BCUT2D eigenvalue weighted by molar-refractivity contribution is 5.53. The van der Waals surface area contributed by atoms with E-state index in [0.717, 1.165) is 24.7 Å². The molecule has 0 aromatic carbocycles. The van der Waals surface area contributed by atoms with Gasteiger partial charge in [-0.25, -0.2) is 0 Å². The molecule has 1 aliphatic heterocycles. The van der Waals surface area contributed by atoms with Crippen molar-refractivity contribution >= 4 is 0 Å². The van der Waals surface area contributed by atoms with Gasteiger partial charge in [0.2, 0.25) is 0 Å². The predicted octanol–water partition coefficient (Wildman–Crippen LogP) is 7.93. The SMILES string of the molecule is NC1C2=C(C=CCC2)C2=CC(C3C=C(C4CCCC(C5NC(C6CCCCC6)N5C5=CC=CCC5)C4)C=CC3)CCC2C1N. The van der Waals surface area contributed by atoms with Crippen molar-refractivity contribution in [2.45, 2.75) is 127 Å². The first-order chi connectivity index (χ1) is 21.7. The maximum absolute atomic E-state index is 6.78. The van der Waals surface area contributed by atoms with Gasteiger partial charge >= 0.3 is 0 Å². The van der Waals surface area contributed by atoms with E-state index in [1.54, 1.807) is 11.3 Å². The van der Waals surface area contributed by atoms with Crippen molar-refractivity contribution in [2.75, 3.05) is 0 Å². The largest absolute Gasteiger partial charge is 0.343 e. The molecule has 0 aromatic rings. The highest BCUT2D eigenvalue weighted by atomic mass is 15.5. The van der Waals surface area contributed by atoms with E-state index in [1.807, 2.05) is 0 Å². The molecule has 5 N–H and O–H groups in total. The molecular formula is C40H56N4. The number of hydrogen-bond donors (Lipinski definition) is 3. The van der Waals surface area contributed by atoms with Crippen molar-refractivity contribution in [3.8, 4) is 0 Å². The summed E-state index contributed by atoms with van der Waals surface area (Å²) in [5, 5.41) is 4.19. The first-order valence-electron chi connectivity index (χ1n) is 18.6. The Morgan fingerprint density at radius 1 is 0.750 bits per heavy atom. The van der Waals surface area contributed by atoms with Crippen LogP contribution in [0.15, 0.2) is 82.7 Å². The Labute approximate surface area is 266 Å². The Hall–Kier alpha value is -2.14. The average Bonchev–Trinajstić information content (AvgIpc) is 3.08. The lowest BCUT2D eigenvalue weighted by Crippen LogP contribution is -2.73. The van der Waals surface area contributed by atoms with Crippen molar-refractivity contribution in [1.29, 1.82) is 0 Å². The quantitative estimate of drug-likeness (QED) is 0.303. The third-order valence-electron chi connectivity index (χ3n) is 13.1. The number of nitrogens with two attached hydrogens (primary N) is 2. The average molecular weight is 593 g/mol. The summed E-state index contributed by atoms with van der Waals surface area (Å²) in [4.78, 5) is 2.88. The van der Waals surface area contributed by atoms with Gasteiger partial charge in [-0.15, -0.1) is 0 Å². The van der Waals surface area contributed by atoms with Crippen LogP contribution in [0.2, 0.25) is 0 Å². The van der Waals surface area contributed by atoms with Crippen LogP contribution in [-0.2, 0) is 0 Å². The van der Waals surface area contributed by atoms with Crippen molar-refractivity contribution in [3.05, 3.63) is 82.7 Å². The maximum atomic E-state index is 6.78. The van der Waals surface area contributed by atoms with Crippen molar-refractivity contribution in [2.24, 2.45) is 47.0 Å². The fourth-order valence-electron chi connectivity index (χ4n) is 10.7. The minimum Gasteiger partial charge on any atom is -0.343 e. The minimum atomic E-state index is 0.0295. The molecule has 9 atom stereocenters. The molecule has 8 aliphatic rings. The van der Waals surface area contributed by atoms with Gasteiger partial charge in [0.05, 0.1) is 12.3 Å². The van der Waals surface area contributed by atoms with E-state index < -0.39 is 0 Å². The Kier molecular flexibility index (Phi) is 8.36. The first kappa shape index (κ1) is 29.3. The Balaban J connectivity index is 0.990. The highest BCUT2D eigenvalue weighted by Gasteiger charge is 2.47. The molecule has 1 heterocycles. The molecule has 2 saturated carbocycles. The van der Waals surface area contributed by atoms with Gasteiger partial charge in [0.1, 0.15) is 0 Å². The van der Waals surface area contributed by atoms with E-state index in [2.05, 4.69) is 64.9 Å². The molecule has 0 bridgehead atoms. The Morgan fingerprint density at radius 3 is 2.45 bits per heavy atom. The molecule has 0 aromatic heterocycles. The molecule has 9 unspecified atom stereocenters. The molecular weight excluding hydrogens is 536 g/mol. The number of hydrogen-bond acceptors (Lipinski definition) is 4. The lowest BCUT2D eigenvalue weighted by atomic mass is 9.64. The van der Waals surface area contributed by atoms with E-state index in [-0.39, 0.29) is 12.1 Å². The molecule has 0 spiro atoms. The van der Waals surface area contributed by atoms with E-state index in [9.17, 15) is 0 Å². The molecule has 3 fully saturated rings. The van der Waals surface area contributed by atoms with Crippen LogP contribution in [0.5, 0.6) is 0 Å². The molecule has 4 nitrogen and oxygen atoms in total. The molecule has 4 heteroatoms. The van der Waals surface area contributed by atoms with Gasteiger partial charge in [0, 0.05) is 23.7 Å². The normalized spacial score (nSPS) is 40.9.